The smallest absolute Gasteiger partial charge is 0.395 e. The van der Waals surface area contributed by atoms with E-state index < -0.39 is 17.8 Å². The summed E-state index contributed by atoms with van der Waals surface area (Å²) in [4.78, 5) is 27.6. The number of ether oxygens (including phenoxy) is 1. The summed E-state index contributed by atoms with van der Waals surface area (Å²) in [7, 11) is 1.39. The van der Waals surface area contributed by atoms with Crippen LogP contribution in [-0.4, -0.2) is 72.6 Å². The number of nitrogens with one attached hydrogen (secondary N) is 1. The lowest BCUT2D eigenvalue weighted by Crippen LogP contribution is -2.41. The van der Waals surface area contributed by atoms with Crippen molar-refractivity contribution in [3.05, 3.63) is 23.9 Å². The highest BCUT2D eigenvalue weighted by atomic mass is 19.4. The number of aliphatic hydroxyl groups excluding tert-OH is 1. The van der Waals surface area contributed by atoms with Gasteiger partial charge in [0.1, 0.15) is 11.6 Å². The Kier molecular flexibility index (Phi) is 6.75. The number of aromatic nitrogens is 3. The zero-order valence-corrected chi connectivity index (χ0v) is 16.7. The van der Waals surface area contributed by atoms with Gasteiger partial charge in [0.05, 0.1) is 37.6 Å². The molecule has 0 unspecified atom stereocenters. The first-order valence-electron chi connectivity index (χ1n) is 9.39. The molecule has 10 nitrogen and oxygen atoms in total. The van der Waals surface area contributed by atoms with Crippen LogP contribution in [0.4, 0.5) is 35.5 Å². The third-order valence-corrected chi connectivity index (χ3v) is 4.56. The number of alkyl halides is 3. The van der Waals surface area contributed by atoms with Gasteiger partial charge in [-0.15, -0.1) is 0 Å². The lowest BCUT2D eigenvalue weighted by molar-refractivity contribution is -0.137. The first-order valence-corrected chi connectivity index (χ1v) is 9.39. The van der Waals surface area contributed by atoms with Crippen LogP contribution in [0.1, 0.15) is 5.56 Å². The molecule has 0 spiro atoms. The van der Waals surface area contributed by atoms with Gasteiger partial charge in [0, 0.05) is 38.0 Å². The number of pyridine rings is 1. The summed E-state index contributed by atoms with van der Waals surface area (Å²) in [5.41, 5.74) is 4.07. The quantitative estimate of drug-likeness (QED) is 0.629. The van der Waals surface area contributed by atoms with E-state index in [0.29, 0.717) is 26.3 Å². The van der Waals surface area contributed by atoms with Gasteiger partial charge in [-0.3, -0.25) is 4.90 Å². The second-order valence-electron chi connectivity index (χ2n) is 6.59. The molecule has 13 heteroatoms. The van der Waals surface area contributed by atoms with Gasteiger partial charge >= 0.3 is 12.2 Å². The van der Waals surface area contributed by atoms with E-state index in [1.165, 1.54) is 13.1 Å². The monoisotopic (exact) mass is 441 g/mol. The van der Waals surface area contributed by atoms with Crippen LogP contribution in [0, 0.1) is 0 Å². The number of amides is 2. The molecule has 1 saturated heterocycles. The maximum atomic E-state index is 13.7. The summed E-state index contributed by atoms with van der Waals surface area (Å²) in [6, 6.07) is 1.39. The molecule has 2 amide bonds. The molecule has 0 saturated carbocycles. The fourth-order valence-corrected chi connectivity index (χ4v) is 3.07. The fourth-order valence-electron chi connectivity index (χ4n) is 3.07. The molecule has 1 aliphatic heterocycles. The van der Waals surface area contributed by atoms with Crippen LogP contribution in [0.15, 0.2) is 18.3 Å². The minimum atomic E-state index is -4.71. The molecule has 0 bridgehead atoms. The van der Waals surface area contributed by atoms with E-state index in [0.717, 1.165) is 17.2 Å². The van der Waals surface area contributed by atoms with Gasteiger partial charge in [-0.2, -0.15) is 18.2 Å². The molecule has 31 heavy (non-hydrogen) atoms. The number of rotatable bonds is 5. The Morgan fingerprint density at radius 3 is 2.65 bits per heavy atom. The van der Waals surface area contributed by atoms with Crippen LogP contribution in [0.5, 0.6) is 0 Å². The van der Waals surface area contributed by atoms with E-state index >= 15 is 0 Å². The predicted octanol–water partition coefficient (Wildman–Crippen LogP) is 1.11. The number of morpholine rings is 1. The predicted molar refractivity (Wildman–Crippen MR) is 107 cm³/mol. The molecule has 168 valence electrons. The van der Waals surface area contributed by atoms with E-state index in [2.05, 4.69) is 20.3 Å². The molecule has 2 aromatic rings. The normalized spacial score (nSPS) is 14.4. The Labute approximate surface area is 175 Å². The van der Waals surface area contributed by atoms with Gasteiger partial charge in [0.2, 0.25) is 5.95 Å². The van der Waals surface area contributed by atoms with Gasteiger partial charge in [-0.1, -0.05) is 0 Å². The Bertz CT molecular complexity index is 936. The zero-order valence-electron chi connectivity index (χ0n) is 16.7. The number of anilines is 3. The standard InChI is InChI=1S/C18H22F3N7O3/c1-23-17(30)28(2-5-29)15-9-13(25-16(26-15)27-3-6-31-7-4-27)11-10-24-14(22)8-12(11)18(19,20)21/h8-10,29H,2-7H2,1H3,(H2,22,24)(H,23,30). The molecule has 0 atom stereocenters. The van der Waals surface area contributed by atoms with Crippen molar-refractivity contribution in [2.75, 3.05) is 62.0 Å². The van der Waals surface area contributed by atoms with Crippen LogP contribution in [0.3, 0.4) is 0 Å². The van der Waals surface area contributed by atoms with E-state index in [9.17, 15) is 23.1 Å². The SMILES string of the molecule is CNC(=O)N(CCO)c1cc(-c2cnc(N)cc2C(F)(F)F)nc(N2CCOCC2)n1. The van der Waals surface area contributed by atoms with Crippen LogP contribution in [0.25, 0.3) is 11.3 Å². The Morgan fingerprint density at radius 2 is 2.03 bits per heavy atom. The van der Waals surface area contributed by atoms with Crippen molar-refractivity contribution < 1.29 is 27.8 Å². The highest BCUT2D eigenvalue weighted by molar-refractivity contribution is 5.91. The first-order chi connectivity index (χ1) is 14.7. The van der Waals surface area contributed by atoms with Gasteiger partial charge in [-0.25, -0.2) is 14.8 Å². The molecule has 4 N–H and O–H groups in total. The van der Waals surface area contributed by atoms with Crippen molar-refractivity contribution in [3.63, 3.8) is 0 Å². The summed E-state index contributed by atoms with van der Waals surface area (Å²) in [5, 5.41) is 11.8. The number of carbonyl (C=O) groups is 1. The van der Waals surface area contributed by atoms with Crippen LogP contribution < -0.4 is 20.9 Å². The minimum absolute atomic E-state index is 0.0323. The minimum Gasteiger partial charge on any atom is -0.395 e. The maximum Gasteiger partial charge on any atom is 0.417 e. The third-order valence-electron chi connectivity index (χ3n) is 4.56. The van der Waals surface area contributed by atoms with E-state index in [-0.39, 0.29) is 42.0 Å². The molecular weight excluding hydrogens is 419 g/mol. The second kappa shape index (κ2) is 9.31. The lowest BCUT2D eigenvalue weighted by Gasteiger charge is -2.29. The molecule has 0 aliphatic carbocycles. The fraction of sp³-hybridized carbons (Fsp3) is 0.444. The van der Waals surface area contributed by atoms with Crippen molar-refractivity contribution >= 4 is 23.6 Å². The van der Waals surface area contributed by atoms with Crippen molar-refractivity contribution in [3.8, 4) is 11.3 Å². The highest BCUT2D eigenvalue weighted by Gasteiger charge is 2.35. The van der Waals surface area contributed by atoms with Gasteiger partial charge in [0.15, 0.2) is 0 Å². The molecule has 1 aliphatic rings. The van der Waals surface area contributed by atoms with Crippen molar-refractivity contribution in [1.29, 1.82) is 0 Å². The highest BCUT2D eigenvalue weighted by Crippen LogP contribution is 2.38. The number of carbonyl (C=O) groups excluding carboxylic acids is 1. The summed E-state index contributed by atoms with van der Waals surface area (Å²) < 4.78 is 46.3. The Balaban J connectivity index is 2.19. The number of aliphatic hydroxyl groups is 1. The largest absolute Gasteiger partial charge is 0.417 e. The molecule has 3 rings (SSSR count). The maximum absolute atomic E-state index is 13.7. The lowest BCUT2D eigenvalue weighted by atomic mass is 10.1. The Morgan fingerprint density at radius 1 is 1.32 bits per heavy atom. The van der Waals surface area contributed by atoms with Gasteiger partial charge in [-0.05, 0) is 6.07 Å². The number of hydrogen-bond donors (Lipinski definition) is 3. The number of hydrogen-bond acceptors (Lipinski definition) is 8. The van der Waals surface area contributed by atoms with Crippen molar-refractivity contribution in [2.24, 2.45) is 0 Å². The number of nitrogen functional groups attached to an aromatic ring is 1. The molecule has 0 aromatic carbocycles. The van der Waals surface area contributed by atoms with Crippen molar-refractivity contribution in [2.45, 2.75) is 6.18 Å². The van der Waals surface area contributed by atoms with Gasteiger partial charge < -0.3 is 25.8 Å². The third kappa shape index (κ3) is 5.11. The molecular formula is C18H22F3N7O3. The molecule has 3 heterocycles. The number of nitrogens with two attached hydrogens (primary N) is 1. The molecule has 0 radical (unpaired) electrons. The summed E-state index contributed by atoms with van der Waals surface area (Å²) in [6.07, 6.45) is -3.72. The molecule has 1 fully saturated rings. The van der Waals surface area contributed by atoms with E-state index in [1.54, 1.807) is 4.90 Å². The van der Waals surface area contributed by atoms with E-state index in [4.69, 9.17) is 10.5 Å². The van der Waals surface area contributed by atoms with Crippen LogP contribution in [-0.2, 0) is 10.9 Å². The summed E-state index contributed by atoms with van der Waals surface area (Å²) >= 11 is 0. The van der Waals surface area contributed by atoms with Crippen LogP contribution >= 0.6 is 0 Å². The molecule has 2 aromatic heterocycles. The first kappa shape index (κ1) is 22.5. The summed E-state index contributed by atoms with van der Waals surface area (Å²) in [6.45, 7) is 1.15. The van der Waals surface area contributed by atoms with Crippen LogP contribution in [0.2, 0.25) is 0 Å². The Hall–Kier alpha value is -3.19. The van der Waals surface area contributed by atoms with E-state index in [1.807, 2.05) is 0 Å². The zero-order chi connectivity index (χ0) is 22.6. The number of halogens is 3. The summed E-state index contributed by atoms with van der Waals surface area (Å²) in [5.74, 6) is -0.122. The average molecular weight is 441 g/mol. The number of urea groups is 1. The van der Waals surface area contributed by atoms with Gasteiger partial charge in [0.25, 0.3) is 0 Å². The average Bonchev–Trinajstić information content (AvgIpc) is 2.76. The second-order valence-corrected chi connectivity index (χ2v) is 6.59. The van der Waals surface area contributed by atoms with Crippen molar-refractivity contribution in [1.82, 2.24) is 20.3 Å². The number of nitrogens with zero attached hydrogens (tertiary/aromatic N) is 5. The topological polar surface area (TPSA) is 130 Å².